The van der Waals surface area contributed by atoms with Gasteiger partial charge in [-0.05, 0) is 48.7 Å². The molecule has 0 N–H and O–H groups in total. The molecular weight excluding hydrogens is 416 g/mol. The van der Waals surface area contributed by atoms with Gasteiger partial charge in [-0.25, -0.2) is 10.0 Å². The SMILES string of the molecule is CCCCCCCCCCCCS(CCCC)(CCCC)CCCCCCCCCCCC. The fourth-order valence-electron chi connectivity index (χ4n) is 5.30. The minimum absolute atomic E-state index is 0.336. The maximum Gasteiger partial charge on any atom is -0.0228 e. The Bertz CT molecular complexity index is 316. The van der Waals surface area contributed by atoms with Crippen LogP contribution < -0.4 is 0 Å². The summed E-state index contributed by atoms with van der Waals surface area (Å²) in [7, 11) is -0.336. The van der Waals surface area contributed by atoms with E-state index in [9.17, 15) is 0 Å². The molecule has 0 aromatic rings. The van der Waals surface area contributed by atoms with Gasteiger partial charge < -0.3 is 0 Å². The zero-order valence-electron chi connectivity index (χ0n) is 24.2. The van der Waals surface area contributed by atoms with Crippen molar-refractivity contribution in [2.45, 2.75) is 182 Å². The molecular formula is C32H68S. The molecule has 33 heavy (non-hydrogen) atoms. The van der Waals surface area contributed by atoms with Crippen LogP contribution >= 0.6 is 10.0 Å². The molecule has 0 heterocycles. The van der Waals surface area contributed by atoms with E-state index in [0.29, 0.717) is 0 Å². The van der Waals surface area contributed by atoms with Crippen LogP contribution in [0.1, 0.15) is 182 Å². The van der Waals surface area contributed by atoms with Crippen LogP contribution in [-0.4, -0.2) is 23.0 Å². The largest absolute Gasteiger partial charge is 0.241 e. The van der Waals surface area contributed by atoms with Gasteiger partial charge in [-0.15, -0.1) is 0 Å². The quantitative estimate of drug-likeness (QED) is 0.0968. The summed E-state index contributed by atoms with van der Waals surface area (Å²) in [5.41, 5.74) is 0. The van der Waals surface area contributed by atoms with Gasteiger partial charge in [0.1, 0.15) is 0 Å². The van der Waals surface area contributed by atoms with Gasteiger partial charge in [0.2, 0.25) is 0 Å². The monoisotopic (exact) mass is 485 g/mol. The molecule has 0 unspecified atom stereocenters. The third-order valence-electron chi connectivity index (χ3n) is 7.72. The smallest absolute Gasteiger partial charge is 0.0228 e. The maximum absolute atomic E-state index is 2.41. The van der Waals surface area contributed by atoms with Gasteiger partial charge in [0.25, 0.3) is 0 Å². The van der Waals surface area contributed by atoms with Crippen LogP contribution in [0, 0.1) is 0 Å². The summed E-state index contributed by atoms with van der Waals surface area (Å²) in [5.74, 6) is 6.42. The molecule has 0 aromatic carbocycles. The summed E-state index contributed by atoms with van der Waals surface area (Å²) >= 11 is 0. The highest BCUT2D eigenvalue weighted by Gasteiger charge is 2.22. The normalized spacial score (nSPS) is 12.5. The first-order valence-corrected chi connectivity index (χ1v) is 18.3. The Morgan fingerprint density at radius 1 is 0.242 bits per heavy atom. The molecule has 0 radical (unpaired) electrons. The fraction of sp³-hybridized carbons (Fsp3) is 1.00. The molecule has 0 aliphatic carbocycles. The second-order valence-electron chi connectivity index (χ2n) is 11.1. The summed E-state index contributed by atoms with van der Waals surface area (Å²) in [4.78, 5) is 0. The molecule has 1 heteroatoms. The average molecular weight is 485 g/mol. The minimum atomic E-state index is -0.336. The van der Waals surface area contributed by atoms with Crippen molar-refractivity contribution >= 4 is 10.0 Å². The lowest BCUT2D eigenvalue weighted by Crippen LogP contribution is -2.18. The van der Waals surface area contributed by atoms with Gasteiger partial charge >= 0.3 is 0 Å². The maximum atomic E-state index is 2.41. The van der Waals surface area contributed by atoms with Gasteiger partial charge in [-0.3, -0.25) is 0 Å². The minimum Gasteiger partial charge on any atom is -0.241 e. The summed E-state index contributed by atoms with van der Waals surface area (Å²) in [6.45, 7) is 9.45. The molecule has 0 aromatic heterocycles. The topological polar surface area (TPSA) is 0 Å². The van der Waals surface area contributed by atoms with Crippen molar-refractivity contribution in [3.8, 4) is 0 Å². The molecule has 0 saturated carbocycles. The van der Waals surface area contributed by atoms with Crippen molar-refractivity contribution in [3.63, 3.8) is 0 Å². The first kappa shape index (κ1) is 33.4. The third-order valence-corrected chi connectivity index (χ3v) is 12.3. The van der Waals surface area contributed by atoms with Crippen LogP contribution in [0.2, 0.25) is 0 Å². The van der Waals surface area contributed by atoms with E-state index in [1.165, 1.54) is 154 Å². The lowest BCUT2D eigenvalue weighted by atomic mass is 10.1. The van der Waals surface area contributed by atoms with Crippen molar-refractivity contribution in [1.29, 1.82) is 0 Å². The fourth-order valence-corrected chi connectivity index (χ4v) is 9.96. The van der Waals surface area contributed by atoms with E-state index in [1.54, 1.807) is 23.0 Å². The zero-order valence-corrected chi connectivity index (χ0v) is 25.0. The summed E-state index contributed by atoms with van der Waals surface area (Å²) in [6.07, 6.45) is 35.4. The van der Waals surface area contributed by atoms with Crippen molar-refractivity contribution in [2.75, 3.05) is 23.0 Å². The van der Waals surface area contributed by atoms with E-state index in [-0.39, 0.29) is 10.0 Å². The first-order chi connectivity index (χ1) is 16.2. The predicted molar refractivity (Wildman–Crippen MR) is 161 cm³/mol. The molecule has 0 bridgehead atoms. The van der Waals surface area contributed by atoms with Crippen LogP contribution in [-0.2, 0) is 0 Å². The number of hydrogen-bond acceptors (Lipinski definition) is 0. The Balaban J connectivity index is 4.15. The Labute approximate surface area is 214 Å². The zero-order chi connectivity index (χ0) is 24.3. The van der Waals surface area contributed by atoms with Crippen LogP contribution in [0.25, 0.3) is 0 Å². The van der Waals surface area contributed by atoms with Crippen LogP contribution in [0.15, 0.2) is 0 Å². The predicted octanol–water partition coefficient (Wildman–Crippen LogP) is 12.2. The Hall–Kier alpha value is 0.350. The molecule has 0 aliphatic rings. The van der Waals surface area contributed by atoms with E-state index in [0.717, 1.165) is 0 Å². The lowest BCUT2D eigenvalue weighted by molar-refractivity contribution is 0.561. The van der Waals surface area contributed by atoms with Crippen molar-refractivity contribution in [2.24, 2.45) is 0 Å². The average Bonchev–Trinajstić information content (AvgIpc) is 2.83. The van der Waals surface area contributed by atoms with Gasteiger partial charge in [-0.1, -0.05) is 156 Å². The van der Waals surface area contributed by atoms with Crippen LogP contribution in [0.3, 0.4) is 0 Å². The van der Waals surface area contributed by atoms with Gasteiger partial charge in [0.15, 0.2) is 0 Å². The molecule has 0 rings (SSSR count). The van der Waals surface area contributed by atoms with Gasteiger partial charge in [0.05, 0.1) is 0 Å². The summed E-state index contributed by atoms with van der Waals surface area (Å²) < 4.78 is 0. The highest BCUT2D eigenvalue weighted by atomic mass is 32.3. The Morgan fingerprint density at radius 3 is 0.727 bits per heavy atom. The number of hydrogen-bond donors (Lipinski definition) is 0. The first-order valence-electron chi connectivity index (χ1n) is 16.0. The number of unbranched alkanes of at least 4 members (excludes halogenated alkanes) is 20. The van der Waals surface area contributed by atoms with Crippen molar-refractivity contribution < 1.29 is 0 Å². The highest BCUT2D eigenvalue weighted by molar-refractivity contribution is 8.33. The Morgan fingerprint density at radius 2 is 0.455 bits per heavy atom. The molecule has 0 fully saturated rings. The molecule has 0 atom stereocenters. The van der Waals surface area contributed by atoms with Crippen molar-refractivity contribution in [3.05, 3.63) is 0 Å². The van der Waals surface area contributed by atoms with Crippen molar-refractivity contribution in [1.82, 2.24) is 0 Å². The third kappa shape index (κ3) is 22.6. The van der Waals surface area contributed by atoms with E-state index < -0.39 is 0 Å². The number of rotatable bonds is 28. The van der Waals surface area contributed by atoms with Crippen LogP contribution in [0.4, 0.5) is 0 Å². The molecule has 0 spiro atoms. The molecule has 0 aliphatic heterocycles. The van der Waals surface area contributed by atoms with Gasteiger partial charge in [0, 0.05) is 0 Å². The second-order valence-corrected chi connectivity index (χ2v) is 15.2. The van der Waals surface area contributed by atoms with Crippen LogP contribution in [0.5, 0.6) is 0 Å². The lowest BCUT2D eigenvalue weighted by Gasteiger charge is -2.41. The van der Waals surface area contributed by atoms with E-state index in [2.05, 4.69) is 27.7 Å². The van der Waals surface area contributed by atoms with E-state index in [4.69, 9.17) is 0 Å². The molecule has 0 saturated heterocycles. The summed E-state index contributed by atoms with van der Waals surface area (Å²) in [5, 5.41) is 0. The van der Waals surface area contributed by atoms with E-state index in [1.807, 2.05) is 0 Å². The van der Waals surface area contributed by atoms with E-state index >= 15 is 0 Å². The molecule has 0 amide bonds. The standard InChI is InChI=1S/C32H68S/c1-5-9-13-15-17-19-21-23-25-27-31-33(29-11-7-3,30-12-8-4)32-28-26-24-22-20-18-16-14-10-6-2/h5-32H2,1-4H3. The molecule has 0 nitrogen and oxygen atoms in total. The Kier molecular flexibility index (Phi) is 27.2. The molecule has 202 valence electrons. The summed E-state index contributed by atoms with van der Waals surface area (Å²) in [6, 6.07) is 0. The second kappa shape index (κ2) is 26.9. The van der Waals surface area contributed by atoms with Gasteiger partial charge in [-0.2, -0.15) is 0 Å². The highest BCUT2D eigenvalue weighted by Crippen LogP contribution is 2.51.